The maximum absolute atomic E-state index is 12.0. The second-order valence-corrected chi connectivity index (χ2v) is 5.06. The summed E-state index contributed by atoms with van der Waals surface area (Å²) in [6.45, 7) is 3.63. The Hall–Kier alpha value is -1.43. The fraction of sp³-hybridized carbons (Fsp3) is 0.500. The van der Waals surface area contributed by atoms with Crippen LogP contribution in [0.25, 0.3) is 0 Å². The highest BCUT2D eigenvalue weighted by atomic mass is 16.2. The highest BCUT2D eigenvalue weighted by molar-refractivity contribution is 5.81. The number of nitrogens with zero attached hydrogens (tertiary/aromatic N) is 2. The molecule has 0 aliphatic carbocycles. The van der Waals surface area contributed by atoms with Crippen molar-refractivity contribution in [3.05, 3.63) is 35.9 Å². The van der Waals surface area contributed by atoms with Gasteiger partial charge < -0.3 is 10.6 Å². The van der Waals surface area contributed by atoms with Gasteiger partial charge in [0.1, 0.15) is 0 Å². The van der Waals surface area contributed by atoms with E-state index in [-0.39, 0.29) is 5.91 Å². The van der Waals surface area contributed by atoms with Gasteiger partial charge in [0.15, 0.2) is 0 Å². The number of likely N-dealkylation sites (N-methyl/N-ethyl adjacent to an activating group) is 1. The first-order valence-corrected chi connectivity index (χ1v) is 6.68. The van der Waals surface area contributed by atoms with Crippen LogP contribution in [-0.4, -0.2) is 55.1 Å². The third-order valence-electron chi connectivity index (χ3n) is 3.41. The smallest absolute Gasteiger partial charge is 0.251 e. The average molecular weight is 262 g/mol. The summed E-state index contributed by atoms with van der Waals surface area (Å²) in [6, 6.07) is 9.36. The highest BCUT2D eigenvalue weighted by Gasteiger charge is 2.19. The fourth-order valence-electron chi connectivity index (χ4n) is 2.12. The summed E-state index contributed by atoms with van der Waals surface area (Å²) < 4.78 is 0. The summed E-state index contributed by atoms with van der Waals surface area (Å²) in [5.74, 6) is -0.103. The lowest BCUT2D eigenvalue weighted by Crippen LogP contribution is -2.56. The van der Waals surface area contributed by atoms with E-state index in [2.05, 4.69) is 17.4 Å². The van der Waals surface area contributed by atoms with Crippen molar-refractivity contribution < 1.29 is 4.79 Å². The first-order chi connectivity index (χ1) is 9.15. The molecule has 0 aromatic heterocycles. The Bertz CT molecular complexity index is 401. The molecule has 1 heterocycles. The van der Waals surface area contributed by atoms with Crippen molar-refractivity contribution in [1.82, 2.24) is 15.3 Å². The standard InChI is InChI=1S/C14H22N4O/c1-17-7-9-18(10-8-17)16-14(19)13(15)11-12-5-3-2-4-6-12/h2-6,13H,7-11,15H2,1H3,(H,16,19)/t13-/m1/s1. The van der Waals surface area contributed by atoms with E-state index in [0.29, 0.717) is 6.42 Å². The molecule has 0 unspecified atom stereocenters. The first kappa shape index (κ1) is 14.0. The fourth-order valence-corrected chi connectivity index (χ4v) is 2.12. The van der Waals surface area contributed by atoms with E-state index in [0.717, 1.165) is 31.7 Å². The summed E-state index contributed by atoms with van der Waals surface area (Å²) in [5.41, 5.74) is 9.93. The number of nitrogens with two attached hydrogens (primary N) is 1. The van der Waals surface area contributed by atoms with E-state index in [1.807, 2.05) is 35.3 Å². The number of hydrogen-bond donors (Lipinski definition) is 2. The summed E-state index contributed by atoms with van der Waals surface area (Å²) in [5, 5.41) is 1.95. The van der Waals surface area contributed by atoms with Crippen molar-refractivity contribution in [2.75, 3.05) is 33.2 Å². The molecule has 1 saturated heterocycles. The summed E-state index contributed by atoms with van der Waals surface area (Å²) >= 11 is 0. The van der Waals surface area contributed by atoms with Crippen LogP contribution in [0.15, 0.2) is 30.3 Å². The first-order valence-electron chi connectivity index (χ1n) is 6.68. The molecule has 0 spiro atoms. The predicted octanol–water partition coefficient (Wildman–Crippen LogP) is -0.165. The van der Waals surface area contributed by atoms with Gasteiger partial charge in [-0.3, -0.25) is 10.2 Å². The van der Waals surface area contributed by atoms with E-state index in [4.69, 9.17) is 5.73 Å². The zero-order valence-corrected chi connectivity index (χ0v) is 11.4. The number of piperazine rings is 1. The number of carbonyl (C=O) groups excluding carboxylic acids is 1. The monoisotopic (exact) mass is 262 g/mol. The van der Waals surface area contributed by atoms with Crippen molar-refractivity contribution in [1.29, 1.82) is 0 Å². The van der Waals surface area contributed by atoms with Gasteiger partial charge in [-0.05, 0) is 19.0 Å². The largest absolute Gasteiger partial charge is 0.320 e. The molecular formula is C14H22N4O. The molecule has 1 atom stereocenters. The van der Waals surface area contributed by atoms with E-state index < -0.39 is 6.04 Å². The molecule has 1 aromatic rings. The molecule has 1 amide bonds. The molecule has 2 rings (SSSR count). The SMILES string of the molecule is CN1CCN(NC(=O)[C@H](N)Cc2ccccc2)CC1. The Morgan fingerprint density at radius 1 is 1.26 bits per heavy atom. The minimum absolute atomic E-state index is 0.103. The Kier molecular flexibility index (Phi) is 4.90. The molecule has 3 N–H and O–H groups in total. The summed E-state index contributed by atoms with van der Waals surface area (Å²) in [6.07, 6.45) is 0.570. The van der Waals surface area contributed by atoms with Crippen molar-refractivity contribution in [3.63, 3.8) is 0 Å². The Morgan fingerprint density at radius 3 is 2.53 bits per heavy atom. The van der Waals surface area contributed by atoms with Crippen molar-refractivity contribution in [2.24, 2.45) is 5.73 Å². The highest BCUT2D eigenvalue weighted by Crippen LogP contribution is 2.02. The normalized spacial score (nSPS) is 19.1. The molecule has 1 aromatic carbocycles. The number of hydrogen-bond acceptors (Lipinski definition) is 4. The van der Waals surface area contributed by atoms with Crippen molar-refractivity contribution >= 4 is 5.91 Å². The second-order valence-electron chi connectivity index (χ2n) is 5.06. The molecule has 0 saturated carbocycles. The van der Waals surface area contributed by atoms with Crippen LogP contribution < -0.4 is 11.2 Å². The zero-order valence-electron chi connectivity index (χ0n) is 11.4. The molecule has 5 heteroatoms. The third-order valence-corrected chi connectivity index (χ3v) is 3.41. The molecule has 1 aliphatic rings. The lowest BCUT2D eigenvalue weighted by atomic mass is 10.1. The molecule has 1 fully saturated rings. The molecule has 104 valence electrons. The molecule has 0 bridgehead atoms. The molecule has 0 radical (unpaired) electrons. The predicted molar refractivity (Wildman–Crippen MR) is 75.3 cm³/mol. The van der Waals surface area contributed by atoms with Gasteiger partial charge in [-0.2, -0.15) is 0 Å². The van der Waals surface area contributed by atoms with E-state index in [1.54, 1.807) is 0 Å². The van der Waals surface area contributed by atoms with Crippen LogP contribution in [0.1, 0.15) is 5.56 Å². The van der Waals surface area contributed by atoms with Crippen LogP contribution in [0.5, 0.6) is 0 Å². The van der Waals surface area contributed by atoms with Crippen LogP contribution in [0.2, 0.25) is 0 Å². The number of rotatable bonds is 4. The van der Waals surface area contributed by atoms with Gasteiger partial charge in [-0.1, -0.05) is 30.3 Å². The van der Waals surface area contributed by atoms with E-state index >= 15 is 0 Å². The minimum atomic E-state index is -0.498. The second kappa shape index (κ2) is 6.65. The topological polar surface area (TPSA) is 61.6 Å². The molecule has 19 heavy (non-hydrogen) atoms. The quantitative estimate of drug-likeness (QED) is 0.791. The molecule has 5 nitrogen and oxygen atoms in total. The number of hydrazine groups is 1. The number of amides is 1. The van der Waals surface area contributed by atoms with E-state index in [9.17, 15) is 4.79 Å². The van der Waals surface area contributed by atoms with Crippen LogP contribution in [-0.2, 0) is 11.2 Å². The van der Waals surface area contributed by atoms with Gasteiger partial charge in [0.25, 0.3) is 5.91 Å². The van der Waals surface area contributed by atoms with Crippen LogP contribution in [0, 0.1) is 0 Å². The lowest BCUT2D eigenvalue weighted by molar-refractivity contribution is -0.128. The number of nitrogens with one attached hydrogen (secondary N) is 1. The number of carbonyl (C=O) groups is 1. The lowest BCUT2D eigenvalue weighted by Gasteiger charge is -2.33. The summed E-state index contributed by atoms with van der Waals surface area (Å²) in [7, 11) is 2.08. The maximum atomic E-state index is 12.0. The number of benzene rings is 1. The Labute approximate surface area is 114 Å². The van der Waals surface area contributed by atoms with Crippen molar-refractivity contribution in [2.45, 2.75) is 12.5 Å². The Balaban J connectivity index is 1.79. The molecule has 1 aliphatic heterocycles. The van der Waals surface area contributed by atoms with Gasteiger partial charge >= 0.3 is 0 Å². The third kappa shape index (κ3) is 4.31. The van der Waals surface area contributed by atoms with E-state index in [1.165, 1.54) is 0 Å². The van der Waals surface area contributed by atoms with Gasteiger partial charge in [0.2, 0.25) is 0 Å². The Morgan fingerprint density at radius 2 is 1.89 bits per heavy atom. The molecular weight excluding hydrogens is 240 g/mol. The summed E-state index contributed by atoms with van der Waals surface area (Å²) in [4.78, 5) is 14.2. The van der Waals surface area contributed by atoms with Gasteiger partial charge in [-0.25, -0.2) is 5.01 Å². The maximum Gasteiger partial charge on any atom is 0.251 e. The van der Waals surface area contributed by atoms with Gasteiger partial charge in [0, 0.05) is 26.2 Å². The van der Waals surface area contributed by atoms with Crippen molar-refractivity contribution in [3.8, 4) is 0 Å². The van der Waals surface area contributed by atoms with Crippen LogP contribution >= 0.6 is 0 Å². The van der Waals surface area contributed by atoms with Gasteiger partial charge in [-0.15, -0.1) is 0 Å². The average Bonchev–Trinajstić information content (AvgIpc) is 2.42. The minimum Gasteiger partial charge on any atom is -0.320 e. The van der Waals surface area contributed by atoms with Crippen LogP contribution in [0.3, 0.4) is 0 Å². The van der Waals surface area contributed by atoms with Crippen LogP contribution in [0.4, 0.5) is 0 Å². The van der Waals surface area contributed by atoms with Gasteiger partial charge in [0.05, 0.1) is 6.04 Å². The zero-order chi connectivity index (χ0) is 13.7.